The lowest BCUT2D eigenvalue weighted by Gasteiger charge is -2.11. The summed E-state index contributed by atoms with van der Waals surface area (Å²) >= 11 is 5.77. The van der Waals surface area contributed by atoms with Gasteiger partial charge in [0.05, 0.1) is 0 Å². The van der Waals surface area contributed by atoms with Gasteiger partial charge in [-0.2, -0.15) is 0 Å². The summed E-state index contributed by atoms with van der Waals surface area (Å²) in [6.07, 6.45) is 1.01. The zero-order chi connectivity index (χ0) is 13.5. The molecule has 1 atom stereocenters. The van der Waals surface area contributed by atoms with Crippen LogP contribution in [0.5, 0.6) is 5.75 Å². The molecule has 0 aliphatic heterocycles. The molecule has 0 aromatic heterocycles. The summed E-state index contributed by atoms with van der Waals surface area (Å²) in [6.45, 7) is 2.81. The van der Waals surface area contributed by atoms with Gasteiger partial charge in [-0.25, -0.2) is 0 Å². The lowest BCUT2D eigenvalue weighted by Crippen LogP contribution is -1.97. The fraction of sp³-hybridized carbons (Fsp3) is 0.294. The van der Waals surface area contributed by atoms with Crippen LogP contribution in [-0.4, -0.2) is 5.88 Å². The third kappa shape index (κ3) is 4.29. The van der Waals surface area contributed by atoms with E-state index >= 15 is 0 Å². The molecule has 0 saturated heterocycles. The van der Waals surface area contributed by atoms with E-state index in [1.54, 1.807) is 0 Å². The molecule has 1 unspecified atom stereocenters. The maximum Gasteiger partial charge on any atom is 0.119 e. The third-order valence-electron chi connectivity index (χ3n) is 3.24. The molecule has 0 amide bonds. The van der Waals surface area contributed by atoms with E-state index in [4.69, 9.17) is 16.3 Å². The average Bonchev–Trinajstić information content (AvgIpc) is 2.47. The molecule has 0 aliphatic rings. The van der Waals surface area contributed by atoms with Crippen molar-refractivity contribution in [2.75, 3.05) is 5.88 Å². The van der Waals surface area contributed by atoms with Crippen LogP contribution >= 0.6 is 11.6 Å². The van der Waals surface area contributed by atoms with E-state index in [9.17, 15) is 0 Å². The van der Waals surface area contributed by atoms with Crippen molar-refractivity contribution in [3.05, 3.63) is 65.7 Å². The number of halogens is 1. The van der Waals surface area contributed by atoms with Crippen molar-refractivity contribution in [3.8, 4) is 5.75 Å². The van der Waals surface area contributed by atoms with Crippen LogP contribution in [0.15, 0.2) is 54.6 Å². The molecule has 19 heavy (non-hydrogen) atoms. The van der Waals surface area contributed by atoms with Gasteiger partial charge in [0, 0.05) is 5.88 Å². The molecule has 100 valence electrons. The normalized spacial score (nSPS) is 12.1. The number of hydrogen-bond acceptors (Lipinski definition) is 1. The van der Waals surface area contributed by atoms with Crippen molar-refractivity contribution in [3.63, 3.8) is 0 Å². The Morgan fingerprint density at radius 3 is 2.32 bits per heavy atom. The first-order valence-corrected chi connectivity index (χ1v) is 7.15. The van der Waals surface area contributed by atoms with Crippen LogP contribution in [0.1, 0.15) is 30.4 Å². The molecule has 2 aromatic carbocycles. The molecule has 0 bridgehead atoms. The highest BCUT2D eigenvalue weighted by Crippen LogP contribution is 2.22. The number of benzene rings is 2. The first kappa shape index (κ1) is 14.0. The van der Waals surface area contributed by atoms with E-state index in [2.05, 4.69) is 31.2 Å². The SMILES string of the molecule is CC(CCCl)c1ccc(OCc2ccccc2)cc1. The fourth-order valence-electron chi connectivity index (χ4n) is 1.96. The Labute approximate surface area is 120 Å². The molecule has 0 radical (unpaired) electrons. The largest absolute Gasteiger partial charge is 0.489 e. The van der Waals surface area contributed by atoms with E-state index in [1.807, 2.05) is 30.3 Å². The molecule has 0 aliphatic carbocycles. The van der Waals surface area contributed by atoms with Crippen LogP contribution in [0.25, 0.3) is 0 Å². The lowest BCUT2D eigenvalue weighted by molar-refractivity contribution is 0.306. The quantitative estimate of drug-likeness (QED) is 0.674. The Morgan fingerprint density at radius 1 is 1.00 bits per heavy atom. The number of ether oxygens (including phenoxy) is 1. The average molecular weight is 275 g/mol. The molecule has 0 saturated carbocycles. The maximum atomic E-state index is 5.77. The second kappa shape index (κ2) is 7.20. The predicted octanol–water partition coefficient (Wildman–Crippen LogP) is 5.00. The van der Waals surface area contributed by atoms with Gasteiger partial charge >= 0.3 is 0 Å². The van der Waals surface area contributed by atoms with E-state index < -0.39 is 0 Å². The van der Waals surface area contributed by atoms with Gasteiger partial charge in [-0.05, 0) is 35.6 Å². The van der Waals surface area contributed by atoms with Gasteiger partial charge in [-0.15, -0.1) is 11.6 Å². The lowest BCUT2D eigenvalue weighted by atomic mass is 9.99. The summed E-state index contributed by atoms with van der Waals surface area (Å²) in [6, 6.07) is 18.5. The molecule has 0 heterocycles. The highest BCUT2D eigenvalue weighted by Gasteiger charge is 2.04. The van der Waals surface area contributed by atoms with Crippen molar-refractivity contribution < 1.29 is 4.74 Å². The Bertz CT molecular complexity index is 478. The number of rotatable bonds is 6. The van der Waals surface area contributed by atoms with Crippen LogP contribution in [0.4, 0.5) is 0 Å². The number of alkyl halides is 1. The Kier molecular flexibility index (Phi) is 5.29. The van der Waals surface area contributed by atoms with Crippen molar-refractivity contribution in [1.82, 2.24) is 0 Å². The van der Waals surface area contributed by atoms with Crippen LogP contribution in [0, 0.1) is 0 Å². The Balaban J connectivity index is 1.92. The molecule has 0 spiro atoms. The van der Waals surface area contributed by atoms with E-state index in [0.29, 0.717) is 18.4 Å². The second-order valence-electron chi connectivity index (χ2n) is 4.72. The highest BCUT2D eigenvalue weighted by molar-refractivity contribution is 6.17. The summed E-state index contributed by atoms with van der Waals surface area (Å²) in [5.41, 5.74) is 2.50. The van der Waals surface area contributed by atoms with Crippen molar-refractivity contribution in [2.45, 2.75) is 25.9 Å². The van der Waals surface area contributed by atoms with Gasteiger partial charge in [0.2, 0.25) is 0 Å². The molecular weight excluding hydrogens is 256 g/mol. The second-order valence-corrected chi connectivity index (χ2v) is 5.10. The topological polar surface area (TPSA) is 9.23 Å². The molecule has 0 N–H and O–H groups in total. The molecule has 2 rings (SSSR count). The fourth-order valence-corrected chi connectivity index (χ4v) is 2.29. The summed E-state index contributed by atoms with van der Waals surface area (Å²) < 4.78 is 5.76. The minimum absolute atomic E-state index is 0.501. The summed E-state index contributed by atoms with van der Waals surface area (Å²) in [7, 11) is 0. The summed E-state index contributed by atoms with van der Waals surface area (Å²) in [5.74, 6) is 2.11. The Morgan fingerprint density at radius 2 is 1.68 bits per heavy atom. The van der Waals surface area contributed by atoms with Crippen molar-refractivity contribution in [1.29, 1.82) is 0 Å². The van der Waals surface area contributed by atoms with Crippen LogP contribution < -0.4 is 4.74 Å². The molecule has 2 aromatic rings. The van der Waals surface area contributed by atoms with Crippen molar-refractivity contribution in [2.24, 2.45) is 0 Å². The van der Waals surface area contributed by atoms with Gasteiger partial charge in [0.25, 0.3) is 0 Å². The predicted molar refractivity (Wildman–Crippen MR) is 81.0 cm³/mol. The van der Waals surface area contributed by atoms with Crippen LogP contribution in [0.3, 0.4) is 0 Å². The Hall–Kier alpha value is -1.47. The first-order valence-electron chi connectivity index (χ1n) is 6.62. The third-order valence-corrected chi connectivity index (χ3v) is 3.46. The minimum Gasteiger partial charge on any atom is -0.489 e. The minimum atomic E-state index is 0.501. The highest BCUT2D eigenvalue weighted by atomic mass is 35.5. The van der Waals surface area contributed by atoms with Gasteiger partial charge in [0.1, 0.15) is 12.4 Å². The van der Waals surface area contributed by atoms with Crippen molar-refractivity contribution >= 4 is 11.6 Å². The number of hydrogen-bond donors (Lipinski definition) is 0. The van der Waals surface area contributed by atoms with Gasteiger partial charge in [-0.3, -0.25) is 0 Å². The van der Waals surface area contributed by atoms with E-state index in [0.717, 1.165) is 12.2 Å². The summed E-state index contributed by atoms with van der Waals surface area (Å²) in [5, 5.41) is 0. The summed E-state index contributed by atoms with van der Waals surface area (Å²) in [4.78, 5) is 0. The van der Waals surface area contributed by atoms with Crippen LogP contribution in [-0.2, 0) is 6.61 Å². The first-order chi connectivity index (χ1) is 9.29. The van der Waals surface area contributed by atoms with E-state index in [1.165, 1.54) is 11.1 Å². The standard InChI is InChI=1S/C17H19ClO/c1-14(11-12-18)16-7-9-17(10-8-16)19-13-15-5-3-2-4-6-15/h2-10,14H,11-13H2,1H3. The molecular formula is C17H19ClO. The van der Waals surface area contributed by atoms with E-state index in [-0.39, 0.29) is 0 Å². The van der Waals surface area contributed by atoms with Gasteiger partial charge < -0.3 is 4.74 Å². The maximum absolute atomic E-state index is 5.77. The molecule has 2 heteroatoms. The monoisotopic (exact) mass is 274 g/mol. The smallest absolute Gasteiger partial charge is 0.119 e. The van der Waals surface area contributed by atoms with Crippen LogP contribution in [0.2, 0.25) is 0 Å². The zero-order valence-electron chi connectivity index (χ0n) is 11.2. The molecule has 0 fully saturated rings. The van der Waals surface area contributed by atoms with Gasteiger partial charge in [-0.1, -0.05) is 49.4 Å². The van der Waals surface area contributed by atoms with Gasteiger partial charge in [0.15, 0.2) is 0 Å². The molecule has 1 nitrogen and oxygen atoms in total. The zero-order valence-corrected chi connectivity index (χ0v) is 11.9.